The highest BCUT2D eigenvalue weighted by Gasteiger charge is 2.33. The van der Waals surface area contributed by atoms with E-state index in [1.165, 1.54) is 18.2 Å². The van der Waals surface area contributed by atoms with Gasteiger partial charge in [0.05, 0.1) is 17.7 Å². The summed E-state index contributed by atoms with van der Waals surface area (Å²) < 4.78 is 40.5. The fraction of sp³-hybridized carbons (Fsp3) is 0.111. The normalized spacial score (nSPS) is 11.3. The number of nitrogens with one attached hydrogen (secondary N) is 1. The van der Waals surface area contributed by atoms with Gasteiger partial charge >= 0.3 is 6.18 Å². The number of carbonyl (C=O) groups excluding carboxylic acids is 1. The Morgan fingerprint density at radius 1 is 1.00 bits per heavy atom. The molecule has 0 radical (unpaired) electrons. The van der Waals surface area contributed by atoms with Crippen molar-refractivity contribution in [1.29, 1.82) is 0 Å². The lowest BCUT2D eigenvalue weighted by Gasteiger charge is -2.12. The molecule has 1 aromatic heterocycles. The minimum atomic E-state index is -4.49. The van der Waals surface area contributed by atoms with Crippen LogP contribution in [-0.4, -0.2) is 15.7 Å². The zero-order valence-corrected chi connectivity index (χ0v) is 13.0. The summed E-state index contributed by atoms with van der Waals surface area (Å²) in [6.07, 6.45) is -3.21. The van der Waals surface area contributed by atoms with E-state index in [1.807, 2.05) is 30.3 Å². The SMILES string of the molecule is O=C(Cc1ccccc1C(F)(F)F)Nc1ccn(-c2ccccc2)n1. The Balaban J connectivity index is 1.71. The molecule has 0 fully saturated rings. The molecule has 4 nitrogen and oxygen atoms in total. The van der Waals surface area contributed by atoms with Gasteiger partial charge in [0.1, 0.15) is 0 Å². The number of hydrogen-bond donors (Lipinski definition) is 1. The molecule has 0 bridgehead atoms. The van der Waals surface area contributed by atoms with Crippen molar-refractivity contribution in [2.45, 2.75) is 12.6 Å². The topological polar surface area (TPSA) is 46.9 Å². The average Bonchev–Trinajstić information content (AvgIpc) is 3.03. The molecule has 3 aromatic rings. The van der Waals surface area contributed by atoms with Gasteiger partial charge in [-0.3, -0.25) is 4.79 Å². The summed E-state index contributed by atoms with van der Waals surface area (Å²) in [5.74, 6) is -0.284. The minimum absolute atomic E-state index is 0.0741. The second kappa shape index (κ2) is 6.80. The molecule has 25 heavy (non-hydrogen) atoms. The fourth-order valence-electron chi connectivity index (χ4n) is 2.43. The van der Waals surface area contributed by atoms with E-state index in [1.54, 1.807) is 16.9 Å². The van der Waals surface area contributed by atoms with Crippen LogP contribution in [-0.2, 0) is 17.4 Å². The van der Waals surface area contributed by atoms with Gasteiger partial charge in [-0.05, 0) is 23.8 Å². The van der Waals surface area contributed by atoms with E-state index in [0.717, 1.165) is 11.8 Å². The van der Waals surface area contributed by atoms with Gasteiger partial charge in [0.15, 0.2) is 5.82 Å². The number of para-hydroxylation sites is 1. The molecule has 0 aliphatic rings. The lowest BCUT2D eigenvalue weighted by molar-refractivity contribution is -0.138. The molecule has 0 unspecified atom stereocenters. The Morgan fingerprint density at radius 2 is 1.68 bits per heavy atom. The van der Waals surface area contributed by atoms with E-state index >= 15 is 0 Å². The largest absolute Gasteiger partial charge is 0.416 e. The van der Waals surface area contributed by atoms with Crippen LogP contribution in [0.15, 0.2) is 66.9 Å². The van der Waals surface area contributed by atoms with E-state index in [9.17, 15) is 18.0 Å². The molecule has 0 atom stereocenters. The quantitative estimate of drug-likeness (QED) is 0.775. The molecule has 1 amide bonds. The Bertz CT molecular complexity index is 873. The Hall–Kier alpha value is -3.09. The van der Waals surface area contributed by atoms with Crippen molar-refractivity contribution in [2.24, 2.45) is 0 Å². The molecule has 3 rings (SSSR count). The summed E-state index contributed by atoms with van der Waals surface area (Å²) in [6, 6.07) is 15.9. The molecule has 7 heteroatoms. The molecular weight excluding hydrogens is 331 g/mol. The Labute approximate surface area is 141 Å². The summed E-state index contributed by atoms with van der Waals surface area (Å²) in [4.78, 5) is 12.1. The van der Waals surface area contributed by atoms with E-state index in [-0.39, 0.29) is 17.8 Å². The van der Waals surface area contributed by atoms with E-state index in [0.29, 0.717) is 0 Å². The summed E-state index contributed by atoms with van der Waals surface area (Å²) in [5, 5.41) is 6.72. The van der Waals surface area contributed by atoms with Gasteiger partial charge in [-0.2, -0.15) is 18.3 Å². The van der Waals surface area contributed by atoms with Crippen LogP contribution >= 0.6 is 0 Å². The second-order valence-electron chi connectivity index (χ2n) is 5.36. The summed E-state index contributed by atoms with van der Waals surface area (Å²) in [6.45, 7) is 0. The van der Waals surface area contributed by atoms with Gasteiger partial charge in [0, 0.05) is 12.3 Å². The molecule has 0 saturated heterocycles. The number of halogens is 3. The number of carbonyl (C=O) groups is 1. The highest BCUT2D eigenvalue weighted by Crippen LogP contribution is 2.32. The number of benzene rings is 2. The van der Waals surface area contributed by atoms with Crippen molar-refractivity contribution in [2.75, 3.05) is 5.32 Å². The molecule has 0 spiro atoms. The van der Waals surface area contributed by atoms with Crippen LogP contribution in [0.4, 0.5) is 19.0 Å². The maximum absolute atomic E-state index is 13.0. The van der Waals surface area contributed by atoms with Gasteiger partial charge in [0.2, 0.25) is 5.91 Å². The zero-order valence-electron chi connectivity index (χ0n) is 13.0. The maximum Gasteiger partial charge on any atom is 0.416 e. The first-order valence-corrected chi connectivity index (χ1v) is 7.49. The molecule has 1 N–H and O–H groups in total. The first kappa shape index (κ1) is 16.8. The van der Waals surface area contributed by atoms with Crippen LogP contribution in [0.5, 0.6) is 0 Å². The average molecular weight is 345 g/mol. The summed E-state index contributed by atoms with van der Waals surface area (Å²) in [7, 11) is 0. The summed E-state index contributed by atoms with van der Waals surface area (Å²) in [5.41, 5.74) is -0.0691. The molecule has 0 aliphatic carbocycles. The van der Waals surface area contributed by atoms with Gasteiger partial charge < -0.3 is 5.32 Å². The number of hydrogen-bond acceptors (Lipinski definition) is 2. The van der Waals surface area contributed by atoms with Gasteiger partial charge in [-0.25, -0.2) is 4.68 Å². The minimum Gasteiger partial charge on any atom is -0.309 e. The summed E-state index contributed by atoms with van der Waals surface area (Å²) >= 11 is 0. The smallest absolute Gasteiger partial charge is 0.309 e. The number of anilines is 1. The third-order valence-corrected chi connectivity index (χ3v) is 3.55. The van der Waals surface area contributed by atoms with Crippen LogP contribution in [0, 0.1) is 0 Å². The van der Waals surface area contributed by atoms with Crippen LogP contribution in [0.3, 0.4) is 0 Å². The first-order valence-electron chi connectivity index (χ1n) is 7.49. The third kappa shape index (κ3) is 4.06. The van der Waals surface area contributed by atoms with E-state index < -0.39 is 17.6 Å². The number of nitrogens with zero attached hydrogens (tertiary/aromatic N) is 2. The van der Waals surface area contributed by atoms with Crippen LogP contribution in [0.1, 0.15) is 11.1 Å². The maximum atomic E-state index is 13.0. The molecule has 0 aliphatic heterocycles. The standard InChI is InChI=1S/C18H14F3N3O/c19-18(20,21)15-9-5-4-6-13(15)12-17(25)22-16-10-11-24(23-16)14-7-2-1-3-8-14/h1-11H,12H2,(H,22,23,25). The predicted molar refractivity (Wildman–Crippen MR) is 87.3 cm³/mol. The number of alkyl halides is 3. The van der Waals surface area contributed by atoms with Crippen molar-refractivity contribution >= 4 is 11.7 Å². The fourth-order valence-corrected chi connectivity index (χ4v) is 2.43. The lowest BCUT2D eigenvalue weighted by atomic mass is 10.0. The van der Waals surface area contributed by atoms with Crippen LogP contribution < -0.4 is 5.32 Å². The lowest BCUT2D eigenvalue weighted by Crippen LogP contribution is -2.18. The number of aromatic nitrogens is 2. The number of amides is 1. The molecule has 0 saturated carbocycles. The third-order valence-electron chi connectivity index (χ3n) is 3.55. The van der Waals surface area contributed by atoms with Crippen molar-refractivity contribution in [1.82, 2.24) is 9.78 Å². The van der Waals surface area contributed by atoms with Crippen molar-refractivity contribution in [3.05, 3.63) is 78.0 Å². The first-order chi connectivity index (χ1) is 11.9. The Kier molecular flexibility index (Phi) is 4.56. The monoisotopic (exact) mass is 345 g/mol. The molecule has 1 heterocycles. The highest BCUT2D eigenvalue weighted by atomic mass is 19.4. The second-order valence-corrected chi connectivity index (χ2v) is 5.36. The van der Waals surface area contributed by atoms with Gasteiger partial charge in [-0.15, -0.1) is 0 Å². The van der Waals surface area contributed by atoms with Gasteiger partial charge in [0.25, 0.3) is 0 Å². The zero-order chi connectivity index (χ0) is 17.9. The Morgan fingerprint density at radius 3 is 2.40 bits per heavy atom. The molecule has 128 valence electrons. The van der Waals surface area contributed by atoms with Crippen LogP contribution in [0.25, 0.3) is 5.69 Å². The van der Waals surface area contributed by atoms with Crippen molar-refractivity contribution in [3.63, 3.8) is 0 Å². The van der Waals surface area contributed by atoms with Crippen molar-refractivity contribution in [3.8, 4) is 5.69 Å². The molecular formula is C18H14F3N3O. The predicted octanol–water partition coefficient (Wildman–Crippen LogP) is 4.07. The molecule has 2 aromatic carbocycles. The van der Waals surface area contributed by atoms with E-state index in [4.69, 9.17) is 0 Å². The van der Waals surface area contributed by atoms with E-state index in [2.05, 4.69) is 10.4 Å². The van der Waals surface area contributed by atoms with Crippen molar-refractivity contribution < 1.29 is 18.0 Å². The van der Waals surface area contributed by atoms with Crippen LogP contribution in [0.2, 0.25) is 0 Å². The highest BCUT2D eigenvalue weighted by molar-refractivity contribution is 5.91. The number of rotatable bonds is 4. The van der Waals surface area contributed by atoms with Gasteiger partial charge in [-0.1, -0.05) is 36.4 Å².